The first-order valence-corrected chi connectivity index (χ1v) is 7.63. The van der Waals surface area contributed by atoms with E-state index in [1.807, 2.05) is 17.9 Å². The van der Waals surface area contributed by atoms with E-state index in [9.17, 15) is 0 Å². The average Bonchev–Trinajstić information content (AvgIpc) is 3.19. The molecule has 1 saturated carbocycles. The fraction of sp³-hybridized carbons (Fsp3) is 0.471. The summed E-state index contributed by atoms with van der Waals surface area (Å²) in [7, 11) is 4.11. The first-order valence-electron chi connectivity index (χ1n) is 7.63. The van der Waals surface area contributed by atoms with E-state index in [1.54, 1.807) is 0 Å². The number of hydrogen-bond donors (Lipinski definition) is 1. The Balaban J connectivity index is 1.75. The van der Waals surface area contributed by atoms with Gasteiger partial charge in [0, 0.05) is 50.7 Å². The molecule has 1 heterocycles. The first-order chi connectivity index (χ1) is 10.1. The second-order valence-electron chi connectivity index (χ2n) is 6.17. The number of benzene rings is 1. The summed E-state index contributed by atoms with van der Waals surface area (Å²) in [6, 6.07) is 7.46. The summed E-state index contributed by atoms with van der Waals surface area (Å²) in [6.45, 7) is 4.00. The molecule has 3 rings (SSSR count). The number of anilines is 1. The number of hydrogen-bond acceptors (Lipinski definition) is 3. The summed E-state index contributed by atoms with van der Waals surface area (Å²) in [5.74, 6) is 0. The lowest BCUT2D eigenvalue weighted by atomic mass is 10.1. The summed E-state index contributed by atoms with van der Waals surface area (Å²) in [5, 5.41) is 7.87. The van der Waals surface area contributed by atoms with Crippen molar-refractivity contribution in [1.82, 2.24) is 15.1 Å². The van der Waals surface area contributed by atoms with Crippen LogP contribution in [0.4, 0.5) is 5.69 Å². The van der Waals surface area contributed by atoms with Gasteiger partial charge in [0.1, 0.15) is 0 Å². The van der Waals surface area contributed by atoms with Crippen LogP contribution >= 0.6 is 0 Å². The minimum absolute atomic E-state index is 0.738. The SMILES string of the molecule is Cc1ccc(N(C)Cc2cnn(C)c2)c(CNC2CC2)c1. The summed E-state index contributed by atoms with van der Waals surface area (Å²) in [5.41, 5.74) is 5.24. The van der Waals surface area contributed by atoms with Crippen LogP contribution in [0.15, 0.2) is 30.6 Å². The Morgan fingerprint density at radius 3 is 2.86 bits per heavy atom. The molecule has 0 saturated heterocycles. The van der Waals surface area contributed by atoms with Gasteiger partial charge in [-0.3, -0.25) is 4.68 Å². The van der Waals surface area contributed by atoms with Crippen LogP contribution in [0.25, 0.3) is 0 Å². The molecule has 0 radical (unpaired) electrons. The van der Waals surface area contributed by atoms with Gasteiger partial charge in [-0.2, -0.15) is 5.10 Å². The lowest BCUT2D eigenvalue weighted by molar-refractivity contribution is 0.685. The van der Waals surface area contributed by atoms with E-state index >= 15 is 0 Å². The van der Waals surface area contributed by atoms with E-state index in [0.717, 1.165) is 19.1 Å². The van der Waals surface area contributed by atoms with Gasteiger partial charge in [-0.15, -0.1) is 0 Å². The number of nitrogens with zero attached hydrogens (tertiary/aromatic N) is 3. The van der Waals surface area contributed by atoms with Crippen molar-refractivity contribution in [3.05, 3.63) is 47.3 Å². The van der Waals surface area contributed by atoms with Gasteiger partial charge in [-0.25, -0.2) is 0 Å². The maximum atomic E-state index is 4.25. The molecular formula is C17H24N4. The standard InChI is InChI=1S/C17H24N4/c1-13-4-7-17(15(8-13)10-18-16-5-6-16)20(2)11-14-9-19-21(3)12-14/h4,7-9,12,16,18H,5-6,10-11H2,1-3H3. The zero-order valence-corrected chi connectivity index (χ0v) is 13.1. The second kappa shape index (κ2) is 5.90. The fourth-order valence-corrected chi connectivity index (χ4v) is 2.68. The summed E-state index contributed by atoms with van der Waals surface area (Å²) < 4.78 is 1.86. The van der Waals surface area contributed by atoms with E-state index < -0.39 is 0 Å². The van der Waals surface area contributed by atoms with Gasteiger partial charge in [-0.05, 0) is 31.4 Å². The highest BCUT2D eigenvalue weighted by atomic mass is 15.2. The van der Waals surface area contributed by atoms with Crippen molar-refractivity contribution in [3.63, 3.8) is 0 Å². The molecule has 1 aromatic heterocycles. The predicted octanol–water partition coefficient (Wildman–Crippen LogP) is 2.62. The molecule has 0 spiro atoms. The van der Waals surface area contributed by atoms with Crippen LogP contribution in [0.5, 0.6) is 0 Å². The van der Waals surface area contributed by atoms with Crippen LogP contribution in [0.2, 0.25) is 0 Å². The normalized spacial score (nSPS) is 14.4. The Labute approximate surface area is 126 Å². The number of rotatable bonds is 6. The second-order valence-corrected chi connectivity index (χ2v) is 6.17. The molecule has 1 aliphatic carbocycles. The Hall–Kier alpha value is -1.81. The molecule has 0 aliphatic heterocycles. The minimum Gasteiger partial charge on any atom is -0.370 e. The molecule has 21 heavy (non-hydrogen) atoms. The van der Waals surface area contributed by atoms with Crippen molar-refractivity contribution in [3.8, 4) is 0 Å². The predicted molar refractivity (Wildman–Crippen MR) is 86.4 cm³/mol. The molecule has 4 nitrogen and oxygen atoms in total. The van der Waals surface area contributed by atoms with Crippen LogP contribution in [0.3, 0.4) is 0 Å². The molecule has 1 fully saturated rings. The van der Waals surface area contributed by atoms with Crippen molar-refractivity contribution < 1.29 is 0 Å². The minimum atomic E-state index is 0.738. The van der Waals surface area contributed by atoms with Crippen molar-refractivity contribution >= 4 is 5.69 Å². The Bertz CT molecular complexity index is 613. The monoisotopic (exact) mass is 284 g/mol. The third-order valence-corrected chi connectivity index (χ3v) is 3.98. The smallest absolute Gasteiger partial charge is 0.0539 e. The van der Waals surface area contributed by atoms with Gasteiger partial charge in [0.15, 0.2) is 0 Å². The summed E-state index contributed by atoms with van der Waals surface area (Å²) in [6.07, 6.45) is 6.67. The molecule has 2 aromatic rings. The van der Waals surface area contributed by atoms with Crippen LogP contribution in [-0.4, -0.2) is 22.9 Å². The van der Waals surface area contributed by atoms with Crippen LogP contribution in [0, 0.1) is 6.92 Å². The van der Waals surface area contributed by atoms with E-state index in [0.29, 0.717) is 0 Å². The number of nitrogens with one attached hydrogen (secondary N) is 1. The van der Waals surface area contributed by atoms with E-state index in [2.05, 4.69) is 53.7 Å². The van der Waals surface area contributed by atoms with Gasteiger partial charge in [0.25, 0.3) is 0 Å². The average molecular weight is 284 g/mol. The molecule has 1 aliphatic rings. The van der Waals surface area contributed by atoms with Gasteiger partial charge in [-0.1, -0.05) is 17.7 Å². The van der Waals surface area contributed by atoms with Crippen LogP contribution < -0.4 is 10.2 Å². The topological polar surface area (TPSA) is 33.1 Å². The van der Waals surface area contributed by atoms with Crippen molar-refractivity contribution in [2.24, 2.45) is 7.05 Å². The van der Waals surface area contributed by atoms with Crippen molar-refractivity contribution in [2.45, 2.75) is 38.9 Å². The third kappa shape index (κ3) is 3.64. The van der Waals surface area contributed by atoms with Gasteiger partial charge in [0.05, 0.1) is 6.20 Å². The van der Waals surface area contributed by atoms with Crippen LogP contribution in [0.1, 0.15) is 29.5 Å². The molecule has 1 N–H and O–H groups in total. The highest BCUT2D eigenvalue weighted by Gasteiger charge is 2.20. The first kappa shape index (κ1) is 14.1. The Morgan fingerprint density at radius 1 is 1.38 bits per heavy atom. The number of aryl methyl sites for hydroxylation is 2. The largest absolute Gasteiger partial charge is 0.370 e. The highest BCUT2D eigenvalue weighted by molar-refractivity contribution is 5.54. The Morgan fingerprint density at radius 2 is 2.19 bits per heavy atom. The van der Waals surface area contributed by atoms with E-state index in [-0.39, 0.29) is 0 Å². The summed E-state index contributed by atoms with van der Waals surface area (Å²) in [4.78, 5) is 2.31. The molecule has 0 atom stereocenters. The van der Waals surface area contributed by atoms with Crippen LogP contribution in [-0.2, 0) is 20.1 Å². The molecule has 1 aromatic carbocycles. The van der Waals surface area contributed by atoms with Gasteiger partial charge in [0.2, 0.25) is 0 Å². The molecule has 0 unspecified atom stereocenters. The molecular weight excluding hydrogens is 260 g/mol. The molecule has 4 heteroatoms. The zero-order valence-electron chi connectivity index (χ0n) is 13.1. The summed E-state index contributed by atoms with van der Waals surface area (Å²) >= 11 is 0. The Kier molecular flexibility index (Phi) is 3.97. The molecule has 112 valence electrons. The highest BCUT2D eigenvalue weighted by Crippen LogP contribution is 2.25. The third-order valence-electron chi connectivity index (χ3n) is 3.98. The number of aromatic nitrogens is 2. The maximum Gasteiger partial charge on any atom is 0.0539 e. The van der Waals surface area contributed by atoms with E-state index in [4.69, 9.17) is 0 Å². The lowest BCUT2D eigenvalue weighted by Gasteiger charge is -2.22. The maximum absolute atomic E-state index is 4.25. The zero-order chi connectivity index (χ0) is 14.8. The molecule has 0 bridgehead atoms. The fourth-order valence-electron chi connectivity index (χ4n) is 2.68. The van der Waals surface area contributed by atoms with E-state index in [1.165, 1.54) is 35.2 Å². The quantitative estimate of drug-likeness (QED) is 0.885. The molecule has 0 amide bonds. The lowest BCUT2D eigenvalue weighted by Crippen LogP contribution is -2.21. The van der Waals surface area contributed by atoms with Crippen molar-refractivity contribution in [2.75, 3.05) is 11.9 Å². The van der Waals surface area contributed by atoms with Crippen molar-refractivity contribution in [1.29, 1.82) is 0 Å². The van der Waals surface area contributed by atoms with Gasteiger partial charge >= 0.3 is 0 Å². The van der Waals surface area contributed by atoms with Gasteiger partial charge < -0.3 is 10.2 Å².